The molecule has 1 atom stereocenters. The van der Waals surface area contributed by atoms with Gasteiger partial charge < -0.3 is 10.1 Å². The third-order valence-corrected chi connectivity index (χ3v) is 3.26. The summed E-state index contributed by atoms with van der Waals surface area (Å²) < 4.78 is 5.50. The number of methoxy groups -OCH3 is 1. The van der Waals surface area contributed by atoms with Crippen molar-refractivity contribution >= 4 is 0 Å². The summed E-state index contributed by atoms with van der Waals surface area (Å²) in [5.74, 6) is 1.17. The minimum atomic E-state index is 0.244. The monoisotopic (exact) mass is 256 g/mol. The van der Waals surface area contributed by atoms with Crippen LogP contribution in [0.5, 0.6) is 5.75 Å². The predicted octanol–water partition coefficient (Wildman–Crippen LogP) is 2.75. The van der Waals surface area contributed by atoms with E-state index in [1.807, 2.05) is 25.4 Å². The Labute approximate surface area is 114 Å². The second-order valence-corrected chi connectivity index (χ2v) is 4.64. The van der Waals surface area contributed by atoms with E-state index < -0.39 is 0 Å². The highest BCUT2D eigenvalue weighted by Crippen LogP contribution is 2.31. The molecule has 0 spiro atoms. The molecule has 1 heterocycles. The molecule has 100 valence electrons. The highest BCUT2D eigenvalue weighted by atomic mass is 16.5. The SMILES string of the molecule is CNCC(c1cccnc1)c1cc(C)ccc1OC. The smallest absolute Gasteiger partial charge is 0.122 e. The van der Waals surface area contributed by atoms with E-state index in [1.54, 1.807) is 13.3 Å². The molecule has 1 unspecified atom stereocenters. The molecule has 0 saturated carbocycles. The van der Waals surface area contributed by atoms with Gasteiger partial charge in [-0.15, -0.1) is 0 Å². The van der Waals surface area contributed by atoms with E-state index in [2.05, 4.69) is 35.4 Å². The first-order valence-electron chi connectivity index (χ1n) is 6.45. The van der Waals surface area contributed by atoms with Gasteiger partial charge in [-0.05, 0) is 31.7 Å². The van der Waals surface area contributed by atoms with Gasteiger partial charge in [0.05, 0.1) is 7.11 Å². The van der Waals surface area contributed by atoms with Crippen LogP contribution in [-0.4, -0.2) is 25.7 Å². The number of nitrogens with one attached hydrogen (secondary N) is 1. The maximum absolute atomic E-state index is 5.50. The maximum Gasteiger partial charge on any atom is 0.122 e. The number of hydrogen-bond acceptors (Lipinski definition) is 3. The highest BCUT2D eigenvalue weighted by Gasteiger charge is 2.18. The van der Waals surface area contributed by atoms with E-state index in [4.69, 9.17) is 4.74 Å². The van der Waals surface area contributed by atoms with E-state index >= 15 is 0 Å². The minimum absolute atomic E-state index is 0.244. The molecule has 2 aromatic rings. The van der Waals surface area contributed by atoms with Crippen molar-refractivity contribution in [2.45, 2.75) is 12.8 Å². The van der Waals surface area contributed by atoms with Crippen molar-refractivity contribution in [1.29, 1.82) is 0 Å². The van der Waals surface area contributed by atoms with Crippen molar-refractivity contribution in [3.63, 3.8) is 0 Å². The van der Waals surface area contributed by atoms with Gasteiger partial charge in [0.15, 0.2) is 0 Å². The number of likely N-dealkylation sites (N-methyl/N-ethyl adjacent to an activating group) is 1. The summed E-state index contributed by atoms with van der Waals surface area (Å²) in [6.45, 7) is 2.95. The number of hydrogen-bond donors (Lipinski definition) is 1. The van der Waals surface area contributed by atoms with Gasteiger partial charge in [-0.25, -0.2) is 0 Å². The Hall–Kier alpha value is -1.87. The molecule has 0 saturated heterocycles. The summed E-state index contributed by atoms with van der Waals surface area (Å²) in [6, 6.07) is 10.4. The van der Waals surface area contributed by atoms with Gasteiger partial charge in [0.25, 0.3) is 0 Å². The molecular weight excluding hydrogens is 236 g/mol. The van der Waals surface area contributed by atoms with E-state index in [9.17, 15) is 0 Å². The van der Waals surface area contributed by atoms with Crippen molar-refractivity contribution in [1.82, 2.24) is 10.3 Å². The summed E-state index contributed by atoms with van der Waals surface area (Å²) in [4.78, 5) is 4.22. The van der Waals surface area contributed by atoms with Gasteiger partial charge >= 0.3 is 0 Å². The van der Waals surface area contributed by atoms with Crippen molar-refractivity contribution in [3.05, 3.63) is 59.4 Å². The van der Waals surface area contributed by atoms with Crippen LogP contribution in [0, 0.1) is 6.92 Å². The summed E-state index contributed by atoms with van der Waals surface area (Å²) >= 11 is 0. The van der Waals surface area contributed by atoms with E-state index in [1.165, 1.54) is 16.7 Å². The zero-order chi connectivity index (χ0) is 13.7. The molecule has 1 aromatic heterocycles. The van der Waals surface area contributed by atoms with Crippen LogP contribution in [-0.2, 0) is 0 Å². The second-order valence-electron chi connectivity index (χ2n) is 4.64. The molecule has 0 bridgehead atoms. The Bertz CT molecular complexity index is 526. The van der Waals surface area contributed by atoms with Crippen molar-refractivity contribution in [2.24, 2.45) is 0 Å². The Kier molecular flexibility index (Phi) is 4.53. The number of benzene rings is 1. The molecule has 3 nitrogen and oxygen atoms in total. The van der Waals surface area contributed by atoms with Crippen molar-refractivity contribution < 1.29 is 4.74 Å². The lowest BCUT2D eigenvalue weighted by Gasteiger charge is -2.20. The fourth-order valence-electron chi connectivity index (χ4n) is 2.32. The average molecular weight is 256 g/mol. The highest BCUT2D eigenvalue weighted by molar-refractivity contribution is 5.44. The molecule has 0 fully saturated rings. The van der Waals surface area contributed by atoms with E-state index in [0.717, 1.165) is 12.3 Å². The average Bonchev–Trinajstić information content (AvgIpc) is 2.45. The summed E-state index contributed by atoms with van der Waals surface area (Å²) in [5.41, 5.74) is 3.63. The molecule has 0 aliphatic rings. The van der Waals surface area contributed by atoms with Gasteiger partial charge in [-0.1, -0.05) is 23.8 Å². The van der Waals surface area contributed by atoms with Crippen molar-refractivity contribution in [2.75, 3.05) is 20.7 Å². The van der Waals surface area contributed by atoms with E-state index in [-0.39, 0.29) is 5.92 Å². The summed E-state index contributed by atoms with van der Waals surface area (Å²) in [7, 11) is 3.68. The number of pyridine rings is 1. The predicted molar refractivity (Wildman–Crippen MR) is 77.7 cm³/mol. The first-order chi connectivity index (χ1) is 9.26. The van der Waals surface area contributed by atoms with Crippen LogP contribution in [0.25, 0.3) is 0 Å². The first-order valence-corrected chi connectivity index (χ1v) is 6.45. The van der Waals surface area contributed by atoms with Gasteiger partial charge in [-0.3, -0.25) is 4.98 Å². The maximum atomic E-state index is 5.50. The third-order valence-electron chi connectivity index (χ3n) is 3.26. The number of aromatic nitrogens is 1. The minimum Gasteiger partial charge on any atom is -0.496 e. The van der Waals surface area contributed by atoms with Gasteiger partial charge in [0.2, 0.25) is 0 Å². The number of rotatable bonds is 5. The largest absolute Gasteiger partial charge is 0.496 e. The Morgan fingerprint density at radius 1 is 1.32 bits per heavy atom. The molecule has 3 heteroatoms. The normalized spacial score (nSPS) is 12.2. The summed E-state index contributed by atoms with van der Waals surface area (Å²) in [6.07, 6.45) is 3.72. The standard InChI is InChI=1S/C16H20N2O/c1-12-6-7-16(19-3)14(9-12)15(11-17-2)13-5-4-8-18-10-13/h4-10,15,17H,11H2,1-3H3. The number of nitrogens with zero attached hydrogens (tertiary/aromatic N) is 1. The molecule has 0 radical (unpaired) electrons. The van der Waals surface area contributed by atoms with Crippen LogP contribution >= 0.6 is 0 Å². The quantitative estimate of drug-likeness (QED) is 0.893. The number of ether oxygens (including phenoxy) is 1. The van der Waals surface area contributed by atoms with E-state index in [0.29, 0.717) is 0 Å². The first kappa shape index (κ1) is 13.6. The van der Waals surface area contributed by atoms with Crippen LogP contribution in [0.4, 0.5) is 0 Å². The van der Waals surface area contributed by atoms with Crippen LogP contribution in [0.1, 0.15) is 22.6 Å². The Morgan fingerprint density at radius 3 is 2.79 bits per heavy atom. The van der Waals surface area contributed by atoms with Crippen molar-refractivity contribution in [3.8, 4) is 5.75 Å². The van der Waals surface area contributed by atoms with Crippen LogP contribution in [0.3, 0.4) is 0 Å². The van der Waals surface area contributed by atoms with Crippen LogP contribution in [0.15, 0.2) is 42.7 Å². The molecule has 0 aliphatic carbocycles. The molecule has 1 aromatic carbocycles. The topological polar surface area (TPSA) is 34.2 Å². The Morgan fingerprint density at radius 2 is 2.16 bits per heavy atom. The van der Waals surface area contributed by atoms with Crippen LogP contribution in [0.2, 0.25) is 0 Å². The summed E-state index contributed by atoms with van der Waals surface area (Å²) in [5, 5.41) is 3.25. The zero-order valence-electron chi connectivity index (χ0n) is 11.7. The van der Waals surface area contributed by atoms with Gasteiger partial charge in [-0.2, -0.15) is 0 Å². The number of aryl methyl sites for hydroxylation is 1. The third kappa shape index (κ3) is 3.12. The molecule has 19 heavy (non-hydrogen) atoms. The molecule has 2 rings (SSSR count). The fourth-order valence-corrected chi connectivity index (χ4v) is 2.32. The lowest BCUT2D eigenvalue weighted by molar-refractivity contribution is 0.407. The van der Waals surface area contributed by atoms with Gasteiger partial charge in [0.1, 0.15) is 5.75 Å². The Balaban J connectivity index is 2.47. The molecular formula is C16H20N2O. The molecule has 0 amide bonds. The van der Waals surface area contributed by atoms with Gasteiger partial charge in [0, 0.05) is 30.4 Å². The molecule has 0 aliphatic heterocycles. The lowest BCUT2D eigenvalue weighted by atomic mass is 9.90. The fraction of sp³-hybridized carbons (Fsp3) is 0.312. The zero-order valence-corrected chi connectivity index (χ0v) is 11.7. The lowest BCUT2D eigenvalue weighted by Crippen LogP contribution is -2.19. The molecule has 1 N–H and O–H groups in total. The second kappa shape index (κ2) is 6.34. The van der Waals surface area contributed by atoms with Crippen LogP contribution < -0.4 is 10.1 Å².